The van der Waals surface area contributed by atoms with Crippen molar-refractivity contribution in [2.45, 2.75) is 19.1 Å². The summed E-state index contributed by atoms with van der Waals surface area (Å²) >= 11 is 1.62. The summed E-state index contributed by atoms with van der Waals surface area (Å²) in [6.07, 6.45) is 0. The van der Waals surface area contributed by atoms with Crippen LogP contribution in [0.25, 0.3) is 0 Å². The fraction of sp³-hybridized carbons (Fsp3) is 0.462. The van der Waals surface area contributed by atoms with Gasteiger partial charge in [-0.2, -0.15) is 11.8 Å². The highest BCUT2D eigenvalue weighted by atomic mass is 32.2. The number of hydrogen-bond acceptors (Lipinski definition) is 4. The Morgan fingerprint density at radius 3 is 2.53 bits per heavy atom. The van der Waals surface area contributed by atoms with Crippen molar-refractivity contribution in [2.75, 3.05) is 20.0 Å². The summed E-state index contributed by atoms with van der Waals surface area (Å²) in [4.78, 5) is 12.0. The quantitative estimate of drug-likeness (QED) is 0.731. The van der Waals surface area contributed by atoms with E-state index in [1.54, 1.807) is 44.2 Å². The van der Waals surface area contributed by atoms with Gasteiger partial charge in [-0.1, -0.05) is 13.8 Å². The molecule has 0 spiro atoms. The molecule has 0 bridgehead atoms. The Balaban J connectivity index is 2.89. The first kappa shape index (κ1) is 13.9. The second-order valence-corrected chi connectivity index (χ2v) is 5.41. The summed E-state index contributed by atoms with van der Waals surface area (Å²) in [5, 5.41) is 0.440. The van der Waals surface area contributed by atoms with Gasteiger partial charge in [-0.25, -0.2) is 0 Å². The highest BCUT2D eigenvalue weighted by Gasteiger charge is 2.14. The molecule has 0 saturated carbocycles. The van der Waals surface area contributed by atoms with Crippen LogP contribution in [0.3, 0.4) is 0 Å². The van der Waals surface area contributed by atoms with Crippen molar-refractivity contribution in [1.82, 2.24) is 0 Å². The Morgan fingerprint density at radius 1 is 1.29 bits per heavy atom. The van der Waals surface area contributed by atoms with Crippen LogP contribution in [-0.2, 0) is 0 Å². The van der Waals surface area contributed by atoms with E-state index < -0.39 is 0 Å². The fourth-order valence-corrected chi connectivity index (χ4v) is 1.99. The van der Waals surface area contributed by atoms with Gasteiger partial charge in [0.2, 0.25) is 0 Å². The molecular formula is C13H18O3S. The maximum absolute atomic E-state index is 12.0. The summed E-state index contributed by atoms with van der Waals surface area (Å²) in [6, 6.07) is 5.26. The first-order chi connectivity index (χ1) is 8.08. The predicted octanol–water partition coefficient (Wildman–Crippen LogP) is 3.03. The molecule has 1 aromatic carbocycles. The summed E-state index contributed by atoms with van der Waals surface area (Å²) in [5.74, 6) is 1.80. The maximum atomic E-state index is 12.0. The molecule has 1 rings (SSSR count). The minimum atomic E-state index is 0.0689. The third kappa shape index (κ3) is 3.97. The molecule has 0 aromatic heterocycles. The lowest BCUT2D eigenvalue weighted by Gasteiger charge is -2.10. The highest BCUT2D eigenvalue weighted by Crippen LogP contribution is 2.25. The van der Waals surface area contributed by atoms with Gasteiger partial charge in [0.25, 0.3) is 0 Å². The summed E-state index contributed by atoms with van der Waals surface area (Å²) in [7, 11) is 3.15. The van der Waals surface area contributed by atoms with Gasteiger partial charge in [-0.15, -0.1) is 0 Å². The lowest BCUT2D eigenvalue weighted by atomic mass is 10.1. The Labute approximate surface area is 106 Å². The molecular weight excluding hydrogens is 236 g/mol. The molecule has 94 valence electrons. The first-order valence-electron chi connectivity index (χ1n) is 5.45. The average Bonchev–Trinajstić information content (AvgIpc) is 2.34. The molecule has 0 aliphatic heterocycles. The van der Waals surface area contributed by atoms with Gasteiger partial charge in [0.15, 0.2) is 5.78 Å². The summed E-state index contributed by atoms with van der Waals surface area (Å²) in [5.41, 5.74) is 0.583. The number of hydrogen-bond donors (Lipinski definition) is 0. The van der Waals surface area contributed by atoms with Crippen LogP contribution in [0.5, 0.6) is 11.5 Å². The summed E-state index contributed by atoms with van der Waals surface area (Å²) in [6.45, 7) is 4.14. The normalized spacial score (nSPS) is 10.4. The largest absolute Gasteiger partial charge is 0.497 e. The number of ketones is 1. The monoisotopic (exact) mass is 254 g/mol. The van der Waals surface area contributed by atoms with Crippen molar-refractivity contribution in [2.24, 2.45) is 0 Å². The van der Waals surface area contributed by atoms with E-state index in [4.69, 9.17) is 9.47 Å². The van der Waals surface area contributed by atoms with Crippen LogP contribution < -0.4 is 9.47 Å². The zero-order chi connectivity index (χ0) is 12.8. The van der Waals surface area contributed by atoms with Crippen LogP contribution in [-0.4, -0.2) is 31.0 Å². The molecule has 0 heterocycles. The zero-order valence-corrected chi connectivity index (χ0v) is 11.5. The maximum Gasteiger partial charge on any atom is 0.176 e. The number of thioether (sulfide) groups is 1. The Bertz CT molecular complexity index is 388. The van der Waals surface area contributed by atoms with Gasteiger partial charge >= 0.3 is 0 Å². The number of rotatable bonds is 6. The smallest absolute Gasteiger partial charge is 0.176 e. The van der Waals surface area contributed by atoms with Crippen LogP contribution in [0.1, 0.15) is 24.2 Å². The molecule has 0 saturated heterocycles. The fourth-order valence-electron chi connectivity index (χ4n) is 1.35. The number of carbonyl (C=O) groups is 1. The Hall–Kier alpha value is -1.16. The van der Waals surface area contributed by atoms with E-state index in [1.807, 2.05) is 0 Å². The molecule has 0 fully saturated rings. The first-order valence-corrected chi connectivity index (χ1v) is 6.50. The Kier molecular flexibility index (Phi) is 5.35. The molecule has 0 radical (unpaired) electrons. The third-order valence-electron chi connectivity index (χ3n) is 2.25. The van der Waals surface area contributed by atoms with Crippen LogP contribution in [0.4, 0.5) is 0 Å². The number of Topliss-reactive ketones (excluding diaryl/α,β-unsaturated/α-hetero) is 1. The molecule has 0 aliphatic carbocycles. The summed E-state index contributed by atoms with van der Waals surface area (Å²) < 4.78 is 10.3. The third-order valence-corrected chi connectivity index (χ3v) is 3.35. The molecule has 0 atom stereocenters. The van der Waals surface area contributed by atoms with Crippen LogP contribution in [0, 0.1) is 0 Å². The van der Waals surface area contributed by atoms with Crippen molar-refractivity contribution in [3.8, 4) is 11.5 Å². The van der Waals surface area contributed by atoms with Crippen molar-refractivity contribution < 1.29 is 14.3 Å². The van der Waals surface area contributed by atoms with Crippen molar-refractivity contribution >= 4 is 17.5 Å². The number of benzene rings is 1. The van der Waals surface area contributed by atoms with Gasteiger partial charge in [-0.05, 0) is 23.4 Å². The van der Waals surface area contributed by atoms with E-state index in [0.717, 1.165) is 0 Å². The van der Waals surface area contributed by atoms with Crippen LogP contribution in [0.2, 0.25) is 0 Å². The topological polar surface area (TPSA) is 35.5 Å². The minimum Gasteiger partial charge on any atom is -0.497 e. The zero-order valence-electron chi connectivity index (χ0n) is 10.6. The van der Waals surface area contributed by atoms with E-state index in [1.165, 1.54) is 0 Å². The van der Waals surface area contributed by atoms with Crippen molar-refractivity contribution in [3.63, 3.8) is 0 Å². The minimum absolute atomic E-state index is 0.0689. The lowest BCUT2D eigenvalue weighted by molar-refractivity contribution is 0.101. The molecule has 4 heteroatoms. The van der Waals surface area contributed by atoms with Crippen molar-refractivity contribution in [1.29, 1.82) is 0 Å². The van der Waals surface area contributed by atoms with Gasteiger partial charge in [0.1, 0.15) is 11.5 Å². The number of methoxy groups -OCH3 is 2. The van der Waals surface area contributed by atoms with Crippen LogP contribution in [0.15, 0.2) is 18.2 Å². The van der Waals surface area contributed by atoms with Crippen molar-refractivity contribution in [3.05, 3.63) is 23.8 Å². The van der Waals surface area contributed by atoms with Gasteiger partial charge < -0.3 is 9.47 Å². The van der Waals surface area contributed by atoms with E-state index in [0.29, 0.717) is 28.1 Å². The average molecular weight is 254 g/mol. The van der Waals surface area contributed by atoms with Gasteiger partial charge in [0.05, 0.1) is 25.5 Å². The molecule has 0 N–H and O–H groups in total. The number of carbonyl (C=O) groups excluding carboxylic acids is 1. The molecule has 1 aromatic rings. The lowest BCUT2D eigenvalue weighted by Crippen LogP contribution is -2.07. The van der Waals surface area contributed by atoms with E-state index >= 15 is 0 Å². The van der Waals surface area contributed by atoms with Gasteiger partial charge in [0, 0.05) is 0 Å². The molecule has 0 unspecified atom stereocenters. The second-order valence-electron chi connectivity index (χ2n) is 3.85. The van der Waals surface area contributed by atoms with Gasteiger partial charge in [-0.3, -0.25) is 4.79 Å². The van der Waals surface area contributed by atoms with E-state index in [9.17, 15) is 4.79 Å². The molecule has 17 heavy (non-hydrogen) atoms. The molecule has 0 amide bonds. The highest BCUT2D eigenvalue weighted by molar-refractivity contribution is 8.00. The second kappa shape index (κ2) is 6.55. The molecule has 0 aliphatic rings. The predicted molar refractivity (Wildman–Crippen MR) is 71.5 cm³/mol. The van der Waals surface area contributed by atoms with E-state index in [2.05, 4.69) is 13.8 Å². The number of ether oxygens (including phenoxy) is 2. The van der Waals surface area contributed by atoms with Crippen LogP contribution >= 0.6 is 11.8 Å². The SMILES string of the molecule is COc1ccc(OC)c(C(=O)CSC(C)C)c1. The Morgan fingerprint density at radius 2 is 2.00 bits per heavy atom. The molecule has 3 nitrogen and oxygen atoms in total. The standard InChI is InChI=1S/C13H18O3S/c1-9(2)17-8-12(14)11-7-10(15-3)5-6-13(11)16-4/h5-7,9H,8H2,1-4H3. The van der Waals surface area contributed by atoms with E-state index in [-0.39, 0.29) is 5.78 Å².